The number of carbonyl (C=O) groups is 3. The van der Waals surface area contributed by atoms with Crippen LogP contribution in [0.25, 0.3) is 0 Å². The largest absolute Gasteiger partial charge is 0.482 e. The molecule has 1 aromatic carbocycles. The van der Waals surface area contributed by atoms with Crippen LogP contribution >= 0.6 is 15.9 Å². The fourth-order valence-corrected chi connectivity index (χ4v) is 2.53. The summed E-state index contributed by atoms with van der Waals surface area (Å²) in [5, 5.41) is 8.94. The van der Waals surface area contributed by atoms with Gasteiger partial charge in [0.1, 0.15) is 11.8 Å². The summed E-state index contributed by atoms with van der Waals surface area (Å²) in [7, 11) is 1.44. The second kappa shape index (κ2) is 6.99. The first-order valence-corrected chi connectivity index (χ1v) is 7.81. The van der Waals surface area contributed by atoms with Crippen LogP contribution in [0.5, 0.6) is 5.75 Å². The van der Waals surface area contributed by atoms with E-state index in [4.69, 9.17) is 9.84 Å². The number of fused-ring (bicyclic) bond motifs is 1. The highest BCUT2D eigenvalue weighted by molar-refractivity contribution is 9.10. The highest BCUT2D eigenvalue weighted by Gasteiger charge is 2.27. The minimum Gasteiger partial charge on any atom is -0.482 e. The normalized spacial score (nSPS) is 14.7. The van der Waals surface area contributed by atoms with Crippen molar-refractivity contribution in [3.63, 3.8) is 0 Å². The number of hydrogen-bond acceptors (Lipinski definition) is 4. The minimum absolute atomic E-state index is 0.0371. The molecule has 0 spiro atoms. The molecule has 1 aliphatic rings. The Morgan fingerprint density at radius 3 is 2.83 bits per heavy atom. The molecule has 7 nitrogen and oxygen atoms in total. The van der Waals surface area contributed by atoms with Crippen molar-refractivity contribution in [1.82, 2.24) is 4.90 Å². The Kier molecular flexibility index (Phi) is 5.25. The maximum atomic E-state index is 12.1. The van der Waals surface area contributed by atoms with Crippen LogP contribution in [0.4, 0.5) is 5.69 Å². The third-order valence-electron chi connectivity index (χ3n) is 3.75. The first-order chi connectivity index (χ1) is 10.8. The van der Waals surface area contributed by atoms with Gasteiger partial charge in [0.05, 0.1) is 5.69 Å². The Hall–Kier alpha value is -2.09. The van der Waals surface area contributed by atoms with Crippen molar-refractivity contribution in [2.45, 2.75) is 19.4 Å². The number of amides is 2. The number of carboxylic acids is 1. The van der Waals surface area contributed by atoms with E-state index in [9.17, 15) is 14.4 Å². The molecule has 2 rings (SSSR count). The number of ether oxygens (including phenoxy) is 1. The Morgan fingerprint density at radius 1 is 1.48 bits per heavy atom. The lowest BCUT2D eigenvalue weighted by Crippen LogP contribution is -2.44. The summed E-state index contributed by atoms with van der Waals surface area (Å²) < 4.78 is 6.21. The number of benzene rings is 1. The van der Waals surface area contributed by atoms with Crippen LogP contribution in [0.15, 0.2) is 22.7 Å². The molecule has 0 aliphatic carbocycles. The monoisotopic (exact) mass is 384 g/mol. The Labute approximate surface area is 141 Å². The molecular weight excluding hydrogens is 368 g/mol. The van der Waals surface area contributed by atoms with E-state index in [0.717, 1.165) is 9.37 Å². The predicted octanol–water partition coefficient (Wildman–Crippen LogP) is 1.50. The van der Waals surface area contributed by atoms with Gasteiger partial charge in [0, 0.05) is 24.5 Å². The quantitative estimate of drug-likeness (QED) is 0.830. The topological polar surface area (TPSA) is 87.2 Å². The van der Waals surface area contributed by atoms with E-state index >= 15 is 0 Å². The van der Waals surface area contributed by atoms with Crippen molar-refractivity contribution < 1.29 is 24.2 Å². The van der Waals surface area contributed by atoms with Crippen LogP contribution in [-0.2, 0) is 14.4 Å². The van der Waals surface area contributed by atoms with Gasteiger partial charge in [-0.15, -0.1) is 0 Å². The van der Waals surface area contributed by atoms with Crippen LogP contribution in [-0.4, -0.2) is 54.0 Å². The number of nitrogens with zero attached hydrogens (tertiary/aromatic N) is 2. The number of rotatable bonds is 5. The Morgan fingerprint density at radius 2 is 2.17 bits per heavy atom. The molecule has 1 unspecified atom stereocenters. The van der Waals surface area contributed by atoms with Crippen LogP contribution in [0.3, 0.4) is 0 Å². The summed E-state index contributed by atoms with van der Waals surface area (Å²) >= 11 is 3.34. The van der Waals surface area contributed by atoms with Crippen molar-refractivity contribution >= 4 is 39.4 Å². The van der Waals surface area contributed by atoms with Crippen LogP contribution in [0, 0.1) is 0 Å². The molecule has 0 saturated heterocycles. The molecular formula is C15H17BrN2O5. The molecule has 1 N–H and O–H groups in total. The summed E-state index contributed by atoms with van der Waals surface area (Å²) in [6.45, 7) is 1.53. The predicted molar refractivity (Wildman–Crippen MR) is 86.5 cm³/mol. The summed E-state index contributed by atoms with van der Waals surface area (Å²) in [5.74, 6) is -1.07. The van der Waals surface area contributed by atoms with Gasteiger partial charge in [0.25, 0.3) is 5.91 Å². The first kappa shape index (κ1) is 17.3. The first-order valence-electron chi connectivity index (χ1n) is 7.02. The van der Waals surface area contributed by atoms with Crippen LogP contribution < -0.4 is 9.64 Å². The van der Waals surface area contributed by atoms with Crippen molar-refractivity contribution in [3.8, 4) is 5.75 Å². The number of carboxylic acid groups (broad SMARTS) is 1. The summed E-state index contributed by atoms with van der Waals surface area (Å²) in [6.07, 6.45) is 0.0371. The number of hydrogen-bond donors (Lipinski definition) is 1. The van der Waals surface area contributed by atoms with E-state index in [1.807, 2.05) is 0 Å². The smallest absolute Gasteiger partial charge is 0.326 e. The second-order valence-corrected chi connectivity index (χ2v) is 6.13. The average molecular weight is 385 g/mol. The molecule has 1 atom stereocenters. The third kappa shape index (κ3) is 3.82. The lowest BCUT2D eigenvalue weighted by molar-refractivity contribution is -0.148. The van der Waals surface area contributed by atoms with E-state index in [1.54, 1.807) is 18.2 Å². The van der Waals surface area contributed by atoms with Crippen molar-refractivity contribution in [2.24, 2.45) is 0 Å². The molecule has 0 saturated carbocycles. The van der Waals surface area contributed by atoms with E-state index in [1.165, 1.54) is 18.9 Å². The number of aliphatic carboxylic acids is 1. The number of halogens is 1. The standard InChI is InChI=1S/C15H17BrN2O5/c1-9(15(21)22)17(2)13(19)5-6-18-11-4-3-10(16)7-12(11)23-8-14(18)20/h3-4,7,9H,5-6,8H2,1-2H3,(H,21,22). The molecule has 1 heterocycles. The molecule has 124 valence electrons. The molecule has 0 fully saturated rings. The number of likely N-dealkylation sites (N-methyl/N-ethyl adjacent to an activating group) is 1. The third-order valence-corrected chi connectivity index (χ3v) is 4.24. The lowest BCUT2D eigenvalue weighted by atomic mass is 10.2. The average Bonchev–Trinajstić information content (AvgIpc) is 2.52. The fraction of sp³-hybridized carbons (Fsp3) is 0.400. The van der Waals surface area contributed by atoms with Gasteiger partial charge in [0.15, 0.2) is 6.61 Å². The van der Waals surface area contributed by atoms with E-state index in [0.29, 0.717) is 11.4 Å². The van der Waals surface area contributed by atoms with Gasteiger partial charge in [-0.3, -0.25) is 9.59 Å². The zero-order chi connectivity index (χ0) is 17.1. The van der Waals surface area contributed by atoms with Gasteiger partial charge in [-0.2, -0.15) is 0 Å². The highest BCUT2D eigenvalue weighted by atomic mass is 79.9. The van der Waals surface area contributed by atoms with Gasteiger partial charge < -0.3 is 19.6 Å². The Bertz CT molecular complexity index is 649. The summed E-state index contributed by atoms with van der Waals surface area (Å²) in [4.78, 5) is 37.7. The molecule has 0 radical (unpaired) electrons. The molecule has 23 heavy (non-hydrogen) atoms. The van der Waals surface area contributed by atoms with Gasteiger partial charge in [-0.1, -0.05) is 15.9 Å². The highest BCUT2D eigenvalue weighted by Crippen LogP contribution is 2.34. The zero-order valence-electron chi connectivity index (χ0n) is 12.8. The molecule has 2 amide bonds. The van der Waals surface area contributed by atoms with E-state index in [-0.39, 0.29) is 31.4 Å². The molecule has 1 aromatic rings. The second-order valence-electron chi connectivity index (χ2n) is 5.21. The minimum atomic E-state index is -1.07. The number of carbonyl (C=O) groups excluding carboxylic acids is 2. The maximum absolute atomic E-state index is 12.1. The summed E-state index contributed by atoms with van der Waals surface area (Å²) in [5.41, 5.74) is 0.603. The van der Waals surface area contributed by atoms with E-state index < -0.39 is 12.0 Å². The van der Waals surface area contributed by atoms with Crippen molar-refractivity contribution in [2.75, 3.05) is 25.1 Å². The molecule has 0 aromatic heterocycles. The molecule has 1 aliphatic heterocycles. The SMILES string of the molecule is CC(C(=O)O)N(C)C(=O)CCN1C(=O)COc2cc(Br)ccc21. The molecule has 0 bridgehead atoms. The van der Waals surface area contributed by atoms with Gasteiger partial charge in [-0.25, -0.2) is 4.79 Å². The Balaban J connectivity index is 2.07. The maximum Gasteiger partial charge on any atom is 0.326 e. The van der Waals surface area contributed by atoms with Gasteiger partial charge in [-0.05, 0) is 25.1 Å². The zero-order valence-corrected chi connectivity index (χ0v) is 14.4. The van der Waals surface area contributed by atoms with Gasteiger partial charge >= 0.3 is 5.97 Å². The lowest BCUT2D eigenvalue weighted by Gasteiger charge is -2.30. The summed E-state index contributed by atoms with van der Waals surface area (Å²) in [6, 6.07) is 4.37. The van der Waals surface area contributed by atoms with Gasteiger partial charge in [0.2, 0.25) is 5.91 Å². The molecule has 8 heteroatoms. The van der Waals surface area contributed by atoms with Crippen molar-refractivity contribution in [1.29, 1.82) is 0 Å². The van der Waals surface area contributed by atoms with Crippen LogP contribution in [0.1, 0.15) is 13.3 Å². The van der Waals surface area contributed by atoms with Crippen LogP contribution in [0.2, 0.25) is 0 Å². The van der Waals surface area contributed by atoms with E-state index in [2.05, 4.69) is 15.9 Å². The van der Waals surface area contributed by atoms with Crippen molar-refractivity contribution in [3.05, 3.63) is 22.7 Å². The fourth-order valence-electron chi connectivity index (χ4n) is 2.19. The number of anilines is 1.